The summed E-state index contributed by atoms with van der Waals surface area (Å²) in [6, 6.07) is 0.0833. The van der Waals surface area contributed by atoms with Crippen molar-refractivity contribution in [3.63, 3.8) is 0 Å². The zero-order valence-electron chi connectivity index (χ0n) is 2.86. The fraction of sp³-hybridized carbons (Fsp3) is 0.667. The van der Waals surface area contributed by atoms with E-state index in [1.165, 1.54) is 0 Å². The second kappa shape index (κ2) is 1.18. The van der Waals surface area contributed by atoms with Gasteiger partial charge in [0.25, 0.3) is 0 Å². The van der Waals surface area contributed by atoms with Crippen molar-refractivity contribution in [2.24, 2.45) is 5.73 Å². The zero-order chi connectivity index (χ0) is 3.58. The number of hydrogen-bond acceptors (Lipinski definition) is 1. The molecule has 0 radical (unpaired) electrons. The quantitative estimate of drug-likeness (QED) is 0.395. The van der Waals surface area contributed by atoms with Crippen molar-refractivity contribution >= 4 is 0 Å². The molecule has 2 N–H and O–H groups in total. The molecule has 0 saturated heterocycles. The Kier molecular flexibility index (Phi) is 1.13. The fourth-order valence-corrected chi connectivity index (χ4v) is 0. The molecule has 0 aliphatic heterocycles. The molecule has 0 aliphatic rings. The standard InChI is InChI=1S/C3H8N/c1-3(2)4/h3H,1,4H2,2H3/q+1. The first-order chi connectivity index (χ1) is 1.73. The lowest BCUT2D eigenvalue weighted by Crippen LogP contribution is -2.07. The van der Waals surface area contributed by atoms with Gasteiger partial charge in [-0.1, -0.05) is 0 Å². The van der Waals surface area contributed by atoms with E-state index < -0.39 is 0 Å². The van der Waals surface area contributed by atoms with E-state index in [-0.39, 0.29) is 6.04 Å². The lowest BCUT2D eigenvalue weighted by molar-refractivity contribution is 0.923. The molecule has 1 atom stereocenters. The maximum absolute atomic E-state index is 5.00. The predicted molar refractivity (Wildman–Crippen MR) is 19.0 cm³/mol. The summed E-state index contributed by atoms with van der Waals surface area (Å²) in [6.45, 7) is 5.25. The largest absolute Gasteiger partial charge is 0.291 e. The number of nitrogens with two attached hydrogens (primary N) is 1. The third-order valence-electron chi connectivity index (χ3n) is 0. The molecule has 0 heterocycles. The van der Waals surface area contributed by atoms with Crippen LogP contribution in [0.5, 0.6) is 0 Å². The van der Waals surface area contributed by atoms with Crippen molar-refractivity contribution in [2.45, 2.75) is 13.0 Å². The SMILES string of the molecule is [CH2+]C(C)N. The van der Waals surface area contributed by atoms with Gasteiger partial charge >= 0.3 is 0 Å². The molecule has 0 spiro atoms. The molecular formula is C3H8N+. The molecule has 0 aromatic carbocycles. The Labute approximate surface area is 26.8 Å². The Morgan fingerprint density at radius 1 is 2.00 bits per heavy atom. The van der Waals surface area contributed by atoms with Gasteiger partial charge in [0.2, 0.25) is 0 Å². The van der Waals surface area contributed by atoms with Crippen LogP contribution >= 0.6 is 0 Å². The van der Waals surface area contributed by atoms with Gasteiger partial charge in [0, 0.05) is 0 Å². The van der Waals surface area contributed by atoms with E-state index in [0.717, 1.165) is 0 Å². The average molecular weight is 58.1 g/mol. The summed E-state index contributed by atoms with van der Waals surface area (Å²) in [5, 5.41) is 0. The van der Waals surface area contributed by atoms with Crippen molar-refractivity contribution in [2.75, 3.05) is 0 Å². The fourth-order valence-electron chi connectivity index (χ4n) is 0. The average Bonchev–Trinajstić information content (AvgIpc) is 0.811. The molecular weight excluding hydrogens is 50.0 g/mol. The van der Waals surface area contributed by atoms with Crippen molar-refractivity contribution in [3.8, 4) is 0 Å². The highest BCUT2D eigenvalue weighted by Crippen LogP contribution is 1.56. The molecule has 1 nitrogen and oxygen atoms in total. The smallest absolute Gasteiger partial charge is 0.141 e. The topological polar surface area (TPSA) is 26.0 Å². The maximum Gasteiger partial charge on any atom is 0.141 e. The molecule has 4 heavy (non-hydrogen) atoms. The molecule has 24 valence electrons. The van der Waals surface area contributed by atoms with Gasteiger partial charge in [-0.3, -0.25) is 5.73 Å². The summed E-state index contributed by atoms with van der Waals surface area (Å²) >= 11 is 0. The molecule has 0 amide bonds. The van der Waals surface area contributed by atoms with E-state index in [4.69, 9.17) is 5.73 Å². The summed E-state index contributed by atoms with van der Waals surface area (Å²) < 4.78 is 0. The van der Waals surface area contributed by atoms with E-state index >= 15 is 0 Å². The molecule has 0 aromatic heterocycles. The minimum Gasteiger partial charge on any atom is -0.291 e. The van der Waals surface area contributed by atoms with Crippen molar-refractivity contribution in [1.82, 2.24) is 0 Å². The third kappa shape index (κ3) is 43.6. The second-order valence-corrected chi connectivity index (χ2v) is 0.977. The molecule has 0 aromatic rings. The molecule has 1 unspecified atom stereocenters. The summed E-state index contributed by atoms with van der Waals surface area (Å²) in [6.07, 6.45) is 0. The third-order valence-corrected chi connectivity index (χ3v) is 0. The van der Waals surface area contributed by atoms with Crippen molar-refractivity contribution < 1.29 is 0 Å². The van der Waals surface area contributed by atoms with Gasteiger partial charge in [-0.25, -0.2) is 0 Å². The van der Waals surface area contributed by atoms with Crippen LogP contribution in [0.25, 0.3) is 0 Å². The van der Waals surface area contributed by atoms with Crippen LogP contribution in [0.3, 0.4) is 0 Å². The molecule has 0 saturated carbocycles. The Morgan fingerprint density at radius 2 is 2.00 bits per heavy atom. The number of rotatable bonds is 0. The van der Waals surface area contributed by atoms with Gasteiger partial charge in [-0.15, -0.1) is 0 Å². The molecule has 0 aliphatic carbocycles. The van der Waals surface area contributed by atoms with Gasteiger partial charge in [0.05, 0.1) is 6.92 Å². The van der Waals surface area contributed by atoms with Crippen molar-refractivity contribution in [3.05, 3.63) is 6.92 Å². The maximum atomic E-state index is 5.00. The van der Waals surface area contributed by atoms with Gasteiger partial charge in [-0.2, -0.15) is 0 Å². The van der Waals surface area contributed by atoms with E-state index in [0.29, 0.717) is 0 Å². The lowest BCUT2D eigenvalue weighted by Gasteiger charge is -1.71. The van der Waals surface area contributed by atoms with Crippen LogP contribution in [0.2, 0.25) is 0 Å². The number of hydrogen-bond donors (Lipinski definition) is 1. The summed E-state index contributed by atoms with van der Waals surface area (Å²) in [5.41, 5.74) is 5.00. The van der Waals surface area contributed by atoms with Gasteiger partial charge < -0.3 is 0 Å². The lowest BCUT2D eigenvalue weighted by atomic mass is 10.5. The van der Waals surface area contributed by atoms with E-state index in [9.17, 15) is 0 Å². The highest BCUT2D eigenvalue weighted by Gasteiger charge is 1.78. The second-order valence-electron chi connectivity index (χ2n) is 0.977. The monoisotopic (exact) mass is 58.1 g/mol. The van der Waals surface area contributed by atoms with Crippen LogP contribution in [-0.4, -0.2) is 6.04 Å². The Hall–Kier alpha value is -0.170. The Morgan fingerprint density at radius 3 is 2.00 bits per heavy atom. The first-order valence-electron chi connectivity index (χ1n) is 1.32. The molecule has 1 heteroatoms. The summed E-state index contributed by atoms with van der Waals surface area (Å²) in [5.74, 6) is 0. The van der Waals surface area contributed by atoms with Crippen LogP contribution in [-0.2, 0) is 0 Å². The summed E-state index contributed by atoms with van der Waals surface area (Å²) in [4.78, 5) is 0. The normalized spacial score (nSPS) is 15.5. The highest BCUT2D eigenvalue weighted by molar-refractivity contribution is 4.49. The van der Waals surface area contributed by atoms with Crippen LogP contribution in [0, 0.1) is 6.92 Å². The first kappa shape index (κ1) is 3.83. The Balaban J connectivity index is 2.32. The molecule has 0 bridgehead atoms. The molecule has 0 fully saturated rings. The summed E-state index contributed by atoms with van der Waals surface area (Å²) in [7, 11) is 0. The molecule has 0 rings (SSSR count). The minimum atomic E-state index is 0.0833. The predicted octanol–water partition coefficient (Wildman–Crippen LogP) is 0.168. The van der Waals surface area contributed by atoms with Gasteiger partial charge in [0.15, 0.2) is 0 Å². The van der Waals surface area contributed by atoms with Crippen LogP contribution < -0.4 is 5.73 Å². The van der Waals surface area contributed by atoms with E-state index in [1.54, 1.807) is 0 Å². The minimum absolute atomic E-state index is 0.0833. The van der Waals surface area contributed by atoms with Crippen LogP contribution in [0.1, 0.15) is 6.92 Å². The zero-order valence-corrected chi connectivity index (χ0v) is 2.86. The van der Waals surface area contributed by atoms with Gasteiger partial charge in [-0.05, 0) is 6.92 Å². The van der Waals surface area contributed by atoms with Gasteiger partial charge in [0.1, 0.15) is 6.04 Å². The highest BCUT2D eigenvalue weighted by atomic mass is 14.6. The van der Waals surface area contributed by atoms with Crippen LogP contribution in [0.15, 0.2) is 0 Å². The van der Waals surface area contributed by atoms with E-state index in [1.807, 2.05) is 6.92 Å². The first-order valence-corrected chi connectivity index (χ1v) is 1.32. The Bertz CT molecular complexity index is 8.00. The van der Waals surface area contributed by atoms with E-state index in [2.05, 4.69) is 6.92 Å². The van der Waals surface area contributed by atoms with Crippen LogP contribution in [0.4, 0.5) is 0 Å². The van der Waals surface area contributed by atoms with Crippen molar-refractivity contribution in [1.29, 1.82) is 0 Å².